The number of aromatic nitrogens is 4. The summed E-state index contributed by atoms with van der Waals surface area (Å²) in [4.78, 5) is 23.9. The third-order valence-corrected chi connectivity index (χ3v) is 4.52. The summed E-state index contributed by atoms with van der Waals surface area (Å²) in [6, 6.07) is 17.5. The lowest BCUT2D eigenvalue weighted by molar-refractivity contribution is 0.0984. The van der Waals surface area contributed by atoms with Gasteiger partial charge in [0.1, 0.15) is 5.82 Å². The smallest absolute Gasteiger partial charge is 0.261 e. The minimum absolute atomic E-state index is 0.144. The molecule has 6 heteroatoms. The topological polar surface area (TPSA) is 63.9 Å². The lowest BCUT2D eigenvalue weighted by Gasteiger charge is -2.22. The molecule has 0 aliphatic carbocycles. The number of fused-ring (bicyclic) bond motifs is 1. The predicted octanol–water partition coefficient (Wildman–Crippen LogP) is 4.25. The Morgan fingerprint density at radius 3 is 2.54 bits per heavy atom. The number of amides is 1. The summed E-state index contributed by atoms with van der Waals surface area (Å²) >= 11 is 0. The first-order valence-corrected chi connectivity index (χ1v) is 9.23. The average Bonchev–Trinajstić information content (AvgIpc) is 3.16. The van der Waals surface area contributed by atoms with E-state index in [-0.39, 0.29) is 11.9 Å². The van der Waals surface area contributed by atoms with Crippen LogP contribution in [0.1, 0.15) is 35.8 Å². The number of hydrogen-bond donors (Lipinski definition) is 0. The van der Waals surface area contributed by atoms with Crippen molar-refractivity contribution in [3.63, 3.8) is 0 Å². The van der Waals surface area contributed by atoms with Crippen molar-refractivity contribution in [1.29, 1.82) is 0 Å². The van der Waals surface area contributed by atoms with Gasteiger partial charge in [0, 0.05) is 23.8 Å². The van der Waals surface area contributed by atoms with Gasteiger partial charge >= 0.3 is 0 Å². The van der Waals surface area contributed by atoms with Gasteiger partial charge in [-0.2, -0.15) is 5.10 Å². The summed E-state index contributed by atoms with van der Waals surface area (Å²) in [5.41, 5.74) is 2.32. The van der Waals surface area contributed by atoms with Gasteiger partial charge in [-0.15, -0.1) is 0 Å². The number of nitrogens with zero attached hydrogens (tertiary/aromatic N) is 5. The summed E-state index contributed by atoms with van der Waals surface area (Å²) in [5, 5.41) is 5.23. The number of anilines is 1. The largest absolute Gasteiger partial charge is 0.288 e. The second-order valence-corrected chi connectivity index (χ2v) is 6.88. The van der Waals surface area contributed by atoms with Gasteiger partial charge in [-0.1, -0.05) is 36.4 Å². The molecule has 0 aliphatic rings. The Hall–Kier alpha value is -3.54. The molecule has 0 saturated carbocycles. The van der Waals surface area contributed by atoms with Gasteiger partial charge in [-0.25, -0.2) is 14.6 Å². The molecule has 6 nitrogen and oxygen atoms in total. The highest BCUT2D eigenvalue weighted by Gasteiger charge is 2.20. The Morgan fingerprint density at radius 1 is 1.04 bits per heavy atom. The van der Waals surface area contributed by atoms with Crippen molar-refractivity contribution in [2.75, 3.05) is 4.90 Å². The van der Waals surface area contributed by atoms with Crippen molar-refractivity contribution in [1.82, 2.24) is 19.7 Å². The molecule has 4 rings (SSSR count). The van der Waals surface area contributed by atoms with Crippen molar-refractivity contribution < 1.29 is 4.79 Å². The molecule has 0 unspecified atom stereocenters. The first kappa shape index (κ1) is 17.9. The standard InChI is InChI=1S/C22H21N5O/c1-16(2)27-21-18(14-25-27)12-19(13-24-21)22(28)26(20-10-6-7-11-23-20)15-17-8-4-3-5-9-17/h3-14,16H,15H2,1-2H3. The normalized spacial score (nSPS) is 11.1. The summed E-state index contributed by atoms with van der Waals surface area (Å²) in [6.07, 6.45) is 5.06. The Labute approximate surface area is 163 Å². The molecular formula is C22H21N5O. The molecule has 0 bridgehead atoms. The fraction of sp³-hybridized carbons (Fsp3) is 0.182. The zero-order valence-corrected chi connectivity index (χ0v) is 15.9. The van der Waals surface area contributed by atoms with Crippen molar-refractivity contribution in [3.05, 3.63) is 84.3 Å². The molecule has 0 spiro atoms. The highest BCUT2D eigenvalue weighted by Crippen LogP contribution is 2.21. The van der Waals surface area contributed by atoms with Crippen LogP contribution in [0.15, 0.2) is 73.2 Å². The van der Waals surface area contributed by atoms with Crippen molar-refractivity contribution in [2.24, 2.45) is 0 Å². The lowest BCUT2D eigenvalue weighted by Crippen LogP contribution is -2.31. The molecule has 0 N–H and O–H groups in total. The summed E-state index contributed by atoms with van der Waals surface area (Å²) in [6.45, 7) is 4.53. The lowest BCUT2D eigenvalue weighted by atomic mass is 10.1. The van der Waals surface area contributed by atoms with Crippen LogP contribution in [0.4, 0.5) is 5.82 Å². The Kier molecular flexibility index (Phi) is 4.85. The van der Waals surface area contributed by atoms with Gasteiger partial charge in [0.15, 0.2) is 5.65 Å². The zero-order valence-electron chi connectivity index (χ0n) is 15.9. The number of pyridine rings is 2. The third kappa shape index (κ3) is 3.49. The highest BCUT2D eigenvalue weighted by atomic mass is 16.2. The number of carbonyl (C=O) groups is 1. The minimum atomic E-state index is -0.144. The molecule has 3 heterocycles. The Morgan fingerprint density at radius 2 is 1.82 bits per heavy atom. The van der Waals surface area contributed by atoms with Crippen molar-refractivity contribution >= 4 is 22.8 Å². The molecule has 0 atom stereocenters. The van der Waals surface area contributed by atoms with Gasteiger partial charge < -0.3 is 0 Å². The summed E-state index contributed by atoms with van der Waals surface area (Å²) in [5.74, 6) is 0.462. The van der Waals surface area contributed by atoms with E-state index in [1.54, 1.807) is 23.5 Å². The molecule has 0 saturated heterocycles. The fourth-order valence-corrected chi connectivity index (χ4v) is 3.13. The van der Waals surface area contributed by atoms with Crippen LogP contribution in [0.3, 0.4) is 0 Å². The molecule has 0 aliphatic heterocycles. The van der Waals surface area contributed by atoms with E-state index in [2.05, 4.69) is 28.9 Å². The summed E-state index contributed by atoms with van der Waals surface area (Å²) < 4.78 is 1.85. The molecule has 140 valence electrons. The second-order valence-electron chi connectivity index (χ2n) is 6.88. The maximum Gasteiger partial charge on any atom is 0.261 e. The zero-order chi connectivity index (χ0) is 19.5. The van der Waals surface area contributed by atoms with Crippen LogP contribution in [0.2, 0.25) is 0 Å². The van der Waals surface area contributed by atoms with Crippen LogP contribution >= 0.6 is 0 Å². The van der Waals surface area contributed by atoms with Crippen LogP contribution in [0.5, 0.6) is 0 Å². The molecule has 0 fully saturated rings. The first-order valence-electron chi connectivity index (χ1n) is 9.23. The quantitative estimate of drug-likeness (QED) is 0.526. The molecule has 3 aromatic heterocycles. The maximum absolute atomic E-state index is 13.4. The number of hydrogen-bond acceptors (Lipinski definition) is 4. The third-order valence-electron chi connectivity index (χ3n) is 4.52. The van der Waals surface area contributed by atoms with Gasteiger partial charge in [0.25, 0.3) is 5.91 Å². The van der Waals surface area contributed by atoms with Crippen molar-refractivity contribution in [2.45, 2.75) is 26.4 Å². The van der Waals surface area contributed by atoms with E-state index in [1.165, 1.54) is 0 Å². The number of benzene rings is 1. The van der Waals surface area contributed by atoms with Gasteiger partial charge in [-0.05, 0) is 37.6 Å². The number of rotatable bonds is 5. The van der Waals surface area contributed by atoms with Crippen LogP contribution in [0, 0.1) is 0 Å². The second kappa shape index (κ2) is 7.60. The van der Waals surface area contributed by atoms with Crippen LogP contribution < -0.4 is 4.90 Å². The number of carbonyl (C=O) groups excluding carboxylic acids is 1. The van der Waals surface area contributed by atoms with Crippen LogP contribution in [0.25, 0.3) is 11.0 Å². The van der Waals surface area contributed by atoms with E-state index >= 15 is 0 Å². The molecule has 1 aromatic carbocycles. The summed E-state index contributed by atoms with van der Waals surface area (Å²) in [7, 11) is 0. The van der Waals surface area contributed by atoms with E-state index in [4.69, 9.17) is 0 Å². The molecule has 1 amide bonds. The SMILES string of the molecule is CC(C)n1ncc2cc(C(=O)N(Cc3ccccc3)c3ccccn3)cnc21. The highest BCUT2D eigenvalue weighted by molar-refractivity contribution is 6.06. The van der Waals surface area contributed by atoms with E-state index in [0.29, 0.717) is 17.9 Å². The van der Waals surface area contributed by atoms with Gasteiger partial charge in [0.2, 0.25) is 0 Å². The Bertz CT molecular complexity index is 1090. The van der Waals surface area contributed by atoms with E-state index in [1.807, 2.05) is 59.3 Å². The Balaban J connectivity index is 1.71. The van der Waals surface area contributed by atoms with Crippen molar-refractivity contribution in [3.8, 4) is 0 Å². The average molecular weight is 371 g/mol. The van der Waals surface area contributed by atoms with E-state index in [0.717, 1.165) is 16.6 Å². The monoisotopic (exact) mass is 371 g/mol. The molecular weight excluding hydrogens is 350 g/mol. The van der Waals surface area contributed by atoms with Gasteiger partial charge in [-0.3, -0.25) is 9.69 Å². The van der Waals surface area contributed by atoms with E-state index in [9.17, 15) is 4.79 Å². The maximum atomic E-state index is 13.4. The van der Waals surface area contributed by atoms with Crippen LogP contribution in [-0.2, 0) is 6.54 Å². The van der Waals surface area contributed by atoms with Gasteiger partial charge in [0.05, 0.1) is 18.3 Å². The van der Waals surface area contributed by atoms with E-state index < -0.39 is 0 Å². The molecule has 28 heavy (non-hydrogen) atoms. The molecule has 4 aromatic rings. The van der Waals surface area contributed by atoms with Crippen LogP contribution in [-0.4, -0.2) is 25.7 Å². The fourth-order valence-electron chi connectivity index (χ4n) is 3.13. The first-order chi connectivity index (χ1) is 13.6. The minimum Gasteiger partial charge on any atom is -0.288 e. The molecule has 0 radical (unpaired) electrons. The predicted molar refractivity (Wildman–Crippen MR) is 109 cm³/mol.